The lowest BCUT2D eigenvalue weighted by Gasteiger charge is -2.36. The molecule has 0 bridgehead atoms. The molecule has 1 aromatic heterocycles. The maximum atomic E-state index is 13.2. The molecule has 0 aliphatic carbocycles. The normalized spacial score (nSPS) is 18.3. The van der Waals surface area contributed by atoms with Crippen molar-refractivity contribution in [2.45, 2.75) is 52.4 Å². The molecule has 2 aliphatic heterocycles. The Hall–Kier alpha value is -2.15. The first-order valence-electron chi connectivity index (χ1n) is 12.1. The number of pyridine rings is 1. The Kier molecular flexibility index (Phi) is 9.34. The third-order valence-electron chi connectivity index (χ3n) is 6.66. The summed E-state index contributed by atoms with van der Waals surface area (Å²) in [7, 11) is 3.79. The molecule has 0 aromatic carbocycles. The van der Waals surface area contributed by atoms with Crippen molar-refractivity contribution in [3.05, 3.63) is 31.9 Å². The number of aromatic nitrogens is 1. The van der Waals surface area contributed by atoms with E-state index in [1.54, 1.807) is 23.4 Å². The SMILES string of the molecule is CCCCCCCCN1C(=O)C(=Cc2c(C)c(C#N)c(=O)n(C)c2N2CCN(C)CC2)SC1=S. The van der Waals surface area contributed by atoms with Crippen molar-refractivity contribution in [2.75, 3.05) is 44.7 Å². The molecular weight excluding hydrogens is 466 g/mol. The molecule has 184 valence electrons. The van der Waals surface area contributed by atoms with Gasteiger partial charge in [0, 0.05) is 45.3 Å². The van der Waals surface area contributed by atoms with Crippen LogP contribution < -0.4 is 10.5 Å². The summed E-state index contributed by atoms with van der Waals surface area (Å²) in [5.41, 5.74) is 1.18. The average Bonchev–Trinajstić information content (AvgIpc) is 3.08. The van der Waals surface area contributed by atoms with Crippen LogP contribution in [0.15, 0.2) is 9.70 Å². The summed E-state index contributed by atoms with van der Waals surface area (Å²) >= 11 is 6.84. The number of piperazine rings is 1. The maximum absolute atomic E-state index is 13.2. The van der Waals surface area contributed by atoms with Gasteiger partial charge in [-0.1, -0.05) is 63.0 Å². The first-order valence-corrected chi connectivity index (χ1v) is 13.3. The van der Waals surface area contributed by atoms with Gasteiger partial charge in [-0.05, 0) is 32.0 Å². The van der Waals surface area contributed by atoms with Crippen molar-refractivity contribution < 1.29 is 4.79 Å². The summed E-state index contributed by atoms with van der Waals surface area (Å²) in [4.78, 5) is 32.8. The second-order valence-corrected chi connectivity index (χ2v) is 10.8. The van der Waals surface area contributed by atoms with Gasteiger partial charge in [-0.2, -0.15) is 5.26 Å². The fraction of sp³-hybridized carbons (Fsp3) is 0.600. The lowest BCUT2D eigenvalue weighted by Crippen LogP contribution is -2.46. The standard InChI is InChI=1S/C25H35N5O2S2/c1-5-6-7-8-9-10-11-30-24(32)21(34-25(30)33)16-19-18(2)20(17-26)23(31)28(4)22(19)29-14-12-27(3)13-15-29/h16H,5-15H2,1-4H3. The molecule has 2 saturated heterocycles. The number of hydrogen-bond acceptors (Lipinski definition) is 7. The Morgan fingerprint density at radius 1 is 1.06 bits per heavy atom. The van der Waals surface area contributed by atoms with Crippen molar-refractivity contribution in [1.82, 2.24) is 14.4 Å². The van der Waals surface area contributed by atoms with Gasteiger partial charge in [0.1, 0.15) is 21.8 Å². The molecule has 3 heterocycles. The van der Waals surface area contributed by atoms with Crippen LogP contribution in [-0.4, -0.2) is 64.4 Å². The van der Waals surface area contributed by atoms with Crippen LogP contribution in [0, 0.1) is 18.3 Å². The number of rotatable bonds is 9. The van der Waals surface area contributed by atoms with Crippen LogP contribution in [0.4, 0.5) is 5.82 Å². The summed E-state index contributed by atoms with van der Waals surface area (Å²) in [6.07, 6.45) is 8.75. The smallest absolute Gasteiger partial charge is 0.270 e. The number of carbonyl (C=O) groups excluding carboxylic acids is 1. The largest absolute Gasteiger partial charge is 0.355 e. The van der Waals surface area contributed by atoms with E-state index in [1.807, 2.05) is 6.08 Å². The van der Waals surface area contributed by atoms with Crippen LogP contribution >= 0.6 is 24.0 Å². The summed E-state index contributed by atoms with van der Waals surface area (Å²) in [5.74, 6) is 0.676. The van der Waals surface area contributed by atoms with E-state index in [0.29, 0.717) is 21.3 Å². The molecule has 0 atom stereocenters. The van der Waals surface area contributed by atoms with E-state index in [2.05, 4.69) is 29.8 Å². The predicted molar refractivity (Wildman–Crippen MR) is 144 cm³/mol. The molecule has 0 radical (unpaired) electrons. The monoisotopic (exact) mass is 501 g/mol. The van der Waals surface area contributed by atoms with Crippen molar-refractivity contribution in [1.29, 1.82) is 5.26 Å². The minimum atomic E-state index is -0.304. The zero-order valence-electron chi connectivity index (χ0n) is 20.7. The first kappa shape index (κ1) is 26.5. The van der Waals surface area contributed by atoms with Gasteiger partial charge < -0.3 is 9.80 Å². The van der Waals surface area contributed by atoms with Crippen molar-refractivity contribution in [3.8, 4) is 6.07 Å². The lowest BCUT2D eigenvalue weighted by atomic mass is 10.0. The lowest BCUT2D eigenvalue weighted by molar-refractivity contribution is -0.122. The second-order valence-electron chi connectivity index (χ2n) is 9.10. The van der Waals surface area contributed by atoms with Crippen LogP contribution in [0.2, 0.25) is 0 Å². The number of nitriles is 1. The summed E-state index contributed by atoms with van der Waals surface area (Å²) < 4.78 is 2.13. The summed E-state index contributed by atoms with van der Waals surface area (Å²) in [5, 5.41) is 9.65. The molecule has 34 heavy (non-hydrogen) atoms. The number of nitrogens with zero attached hydrogens (tertiary/aromatic N) is 5. The molecule has 1 amide bonds. The number of unbranched alkanes of at least 4 members (excludes halogenated alkanes) is 5. The number of thioether (sulfide) groups is 1. The fourth-order valence-electron chi connectivity index (χ4n) is 4.49. The van der Waals surface area contributed by atoms with Gasteiger partial charge in [0.15, 0.2) is 0 Å². The Morgan fingerprint density at radius 2 is 1.71 bits per heavy atom. The van der Waals surface area contributed by atoms with Crippen molar-refractivity contribution >= 4 is 46.1 Å². The van der Waals surface area contributed by atoms with Gasteiger partial charge >= 0.3 is 0 Å². The van der Waals surface area contributed by atoms with Gasteiger partial charge in [0.05, 0.1) is 4.91 Å². The quantitative estimate of drug-likeness (QED) is 0.289. The summed E-state index contributed by atoms with van der Waals surface area (Å²) in [6.45, 7) is 7.94. The van der Waals surface area contributed by atoms with Gasteiger partial charge in [0.2, 0.25) is 0 Å². The minimum Gasteiger partial charge on any atom is -0.355 e. The number of carbonyl (C=O) groups is 1. The molecule has 2 fully saturated rings. The highest BCUT2D eigenvalue weighted by Gasteiger charge is 2.33. The molecule has 7 nitrogen and oxygen atoms in total. The highest BCUT2D eigenvalue weighted by molar-refractivity contribution is 8.26. The number of likely N-dealkylation sites (N-methyl/N-ethyl adjacent to an activating group) is 1. The topological polar surface area (TPSA) is 72.6 Å². The molecule has 2 aliphatic rings. The Bertz CT molecular complexity index is 1060. The van der Waals surface area contributed by atoms with Crippen molar-refractivity contribution in [2.24, 2.45) is 7.05 Å². The zero-order valence-corrected chi connectivity index (χ0v) is 22.4. The van der Waals surface area contributed by atoms with Gasteiger partial charge in [-0.15, -0.1) is 0 Å². The third-order valence-corrected chi connectivity index (χ3v) is 8.03. The van der Waals surface area contributed by atoms with E-state index in [0.717, 1.165) is 50.4 Å². The number of anilines is 1. The molecular formula is C25H35N5O2S2. The Morgan fingerprint density at radius 3 is 2.35 bits per heavy atom. The zero-order chi connectivity index (χ0) is 24.8. The van der Waals surface area contributed by atoms with E-state index < -0.39 is 0 Å². The summed E-state index contributed by atoms with van der Waals surface area (Å²) in [6, 6.07) is 2.07. The van der Waals surface area contributed by atoms with Crippen LogP contribution in [0.5, 0.6) is 0 Å². The number of hydrogen-bond donors (Lipinski definition) is 0. The van der Waals surface area contributed by atoms with Crippen LogP contribution in [0.25, 0.3) is 6.08 Å². The average molecular weight is 502 g/mol. The maximum Gasteiger partial charge on any atom is 0.270 e. The minimum absolute atomic E-state index is 0.0837. The predicted octanol–water partition coefficient (Wildman–Crippen LogP) is 3.88. The van der Waals surface area contributed by atoms with Gasteiger partial charge in [-0.3, -0.25) is 19.1 Å². The van der Waals surface area contributed by atoms with Crippen LogP contribution in [0.1, 0.15) is 62.1 Å². The van der Waals surface area contributed by atoms with E-state index in [4.69, 9.17) is 12.2 Å². The fourth-order valence-corrected chi connectivity index (χ4v) is 5.78. The molecule has 0 unspecified atom stereocenters. The van der Waals surface area contributed by atoms with E-state index in [9.17, 15) is 14.9 Å². The van der Waals surface area contributed by atoms with Crippen molar-refractivity contribution in [3.63, 3.8) is 0 Å². The molecule has 0 saturated carbocycles. The van der Waals surface area contributed by atoms with E-state index in [1.165, 1.54) is 37.4 Å². The molecule has 0 N–H and O–H groups in total. The molecule has 0 spiro atoms. The molecule has 9 heteroatoms. The number of amides is 1. The van der Waals surface area contributed by atoms with E-state index in [-0.39, 0.29) is 17.0 Å². The molecule has 3 rings (SSSR count). The van der Waals surface area contributed by atoms with E-state index >= 15 is 0 Å². The molecule has 1 aromatic rings. The van der Waals surface area contributed by atoms with Gasteiger partial charge in [0.25, 0.3) is 11.5 Å². The second kappa shape index (κ2) is 12.0. The third kappa shape index (κ3) is 5.73. The number of thiocarbonyl (C=S) groups is 1. The highest BCUT2D eigenvalue weighted by Crippen LogP contribution is 2.36. The van der Waals surface area contributed by atoms with Crippen LogP contribution in [0.3, 0.4) is 0 Å². The van der Waals surface area contributed by atoms with Gasteiger partial charge in [-0.25, -0.2) is 0 Å². The first-order chi connectivity index (χ1) is 16.3. The highest BCUT2D eigenvalue weighted by atomic mass is 32.2. The Balaban J connectivity index is 1.90. The Labute approximate surface area is 212 Å². The van der Waals surface area contributed by atoms with Crippen LogP contribution in [-0.2, 0) is 11.8 Å².